The van der Waals surface area contributed by atoms with Crippen LogP contribution in [0.5, 0.6) is 0 Å². The first kappa shape index (κ1) is 67.8. The van der Waals surface area contributed by atoms with Gasteiger partial charge in [0.15, 0.2) is 6.10 Å². The van der Waals surface area contributed by atoms with Crippen molar-refractivity contribution in [1.82, 2.24) is 0 Å². The topological polar surface area (TPSA) is 78.9 Å². The van der Waals surface area contributed by atoms with Gasteiger partial charge < -0.3 is 14.2 Å². The van der Waals surface area contributed by atoms with Gasteiger partial charge in [-0.3, -0.25) is 14.4 Å². The van der Waals surface area contributed by atoms with Crippen molar-refractivity contribution < 1.29 is 28.6 Å². The van der Waals surface area contributed by atoms with Gasteiger partial charge in [0.1, 0.15) is 13.2 Å². The van der Waals surface area contributed by atoms with Crippen molar-refractivity contribution in [3.05, 3.63) is 72.9 Å². The Morgan fingerprint density at radius 2 is 0.549 bits per heavy atom. The molecule has 0 N–H and O–H groups in total. The third-order valence-electron chi connectivity index (χ3n) is 13.2. The van der Waals surface area contributed by atoms with Crippen molar-refractivity contribution in [2.45, 2.75) is 309 Å². The average Bonchev–Trinajstić information content (AvgIpc) is 3.37. The van der Waals surface area contributed by atoms with Gasteiger partial charge in [-0.05, 0) is 109 Å². The summed E-state index contributed by atoms with van der Waals surface area (Å²) in [6.45, 7) is 6.52. The molecule has 410 valence electrons. The molecule has 0 heterocycles. The van der Waals surface area contributed by atoms with Crippen LogP contribution in [0, 0.1) is 0 Å². The maximum Gasteiger partial charge on any atom is 0.306 e. The van der Waals surface area contributed by atoms with E-state index in [2.05, 4.69) is 93.7 Å². The molecule has 0 aliphatic rings. The van der Waals surface area contributed by atoms with Gasteiger partial charge in [-0.25, -0.2) is 0 Å². The van der Waals surface area contributed by atoms with Crippen LogP contribution < -0.4 is 0 Å². The lowest BCUT2D eigenvalue weighted by Gasteiger charge is -2.18. The summed E-state index contributed by atoms with van der Waals surface area (Å²) in [5.41, 5.74) is 0. The molecule has 0 aromatic rings. The molecule has 0 unspecified atom stereocenters. The molecule has 0 amide bonds. The van der Waals surface area contributed by atoms with E-state index in [-0.39, 0.29) is 31.1 Å². The zero-order valence-corrected chi connectivity index (χ0v) is 47.0. The second kappa shape index (κ2) is 59.4. The van der Waals surface area contributed by atoms with E-state index in [1.807, 2.05) is 0 Å². The van der Waals surface area contributed by atoms with E-state index >= 15 is 0 Å². The number of hydrogen-bond acceptors (Lipinski definition) is 6. The van der Waals surface area contributed by atoms with E-state index in [1.54, 1.807) is 0 Å². The first-order valence-corrected chi connectivity index (χ1v) is 30.4. The molecule has 6 heteroatoms. The molecule has 0 rings (SSSR count). The second-order valence-corrected chi connectivity index (χ2v) is 20.2. The van der Waals surface area contributed by atoms with E-state index in [9.17, 15) is 14.4 Å². The highest BCUT2D eigenvalue weighted by molar-refractivity contribution is 5.71. The smallest absolute Gasteiger partial charge is 0.306 e. The monoisotopic (exact) mass is 991 g/mol. The Labute approximate surface area is 440 Å². The van der Waals surface area contributed by atoms with Crippen LogP contribution in [-0.4, -0.2) is 37.2 Å². The minimum absolute atomic E-state index is 0.0858. The Hall–Kier alpha value is -3.15. The van der Waals surface area contributed by atoms with E-state index in [0.29, 0.717) is 19.3 Å². The Morgan fingerprint density at radius 1 is 0.296 bits per heavy atom. The third kappa shape index (κ3) is 57.6. The molecule has 1 atom stereocenters. The number of carbonyl (C=O) groups is 3. The van der Waals surface area contributed by atoms with Crippen molar-refractivity contribution in [2.75, 3.05) is 13.2 Å². The van der Waals surface area contributed by atoms with Gasteiger partial charge in [-0.2, -0.15) is 0 Å². The number of allylic oxidation sites excluding steroid dienone is 12. The predicted octanol–water partition coefficient (Wildman–Crippen LogP) is 20.5. The first-order chi connectivity index (χ1) is 35.0. The van der Waals surface area contributed by atoms with Gasteiger partial charge in [-0.1, -0.05) is 248 Å². The molecule has 0 aliphatic carbocycles. The van der Waals surface area contributed by atoms with Crippen LogP contribution in [0.15, 0.2) is 72.9 Å². The standard InChI is InChI=1S/C65H114O6/c1-4-7-10-13-16-19-22-25-28-30-31-32-33-35-38-40-43-46-49-52-55-58-64(67)70-61-62(71-65(68)59-56-53-50-47-44-41-36-27-24-21-18-15-12-9-6-3)60-69-63(66)57-54-51-48-45-42-39-37-34-29-26-23-20-17-14-11-8-5-2/h8,11,17,20,25-29,36-37,39,62H,4-7,9-10,12-16,18-19,21-24,30-35,38,40-61H2,1-3H3/b11-8-,20-17-,28-25-,29-26-,36-27-,39-37-/t62-/m1/s1. The summed E-state index contributed by atoms with van der Waals surface area (Å²) < 4.78 is 16.9. The molecule has 0 bridgehead atoms. The van der Waals surface area contributed by atoms with Gasteiger partial charge in [-0.15, -0.1) is 0 Å². The average molecular weight is 992 g/mol. The number of hydrogen-bond donors (Lipinski definition) is 0. The SMILES string of the molecule is CC/C=C\C/C=C\C/C=C\C/C=C\CCCCCCC(=O)OC[C@H](COC(=O)CCCCCCCCCCCCC/C=C\CCCCCCCC)OC(=O)CCCCCCC/C=C\CCCCCCCC. The van der Waals surface area contributed by atoms with E-state index < -0.39 is 6.10 Å². The fourth-order valence-corrected chi connectivity index (χ4v) is 8.60. The highest BCUT2D eigenvalue weighted by Crippen LogP contribution is 2.16. The third-order valence-corrected chi connectivity index (χ3v) is 13.2. The Morgan fingerprint density at radius 3 is 0.873 bits per heavy atom. The molecule has 0 saturated carbocycles. The summed E-state index contributed by atoms with van der Waals surface area (Å²) >= 11 is 0. The molecule has 0 aromatic heterocycles. The van der Waals surface area contributed by atoms with Crippen LogP contribution >= 0.6 is 0 Å². The van der Waals surface area contributed by atoms with Crippen LogP contribution in [0.4, 0.5) is 0 Å². The summed E-state index contributed by atoms with van der Waals surface area (Å²) in [7, 11) is 0. The molecule has 0 aliphatic heterocycles. The number of ether oxygens (including phenoxy) is 3. The molecule has 0 fully saturated rings. The van der Waals surface area contributed by atoms with Crippen molar-refractivity contribution >= 4 is 17.9 Å². The summed E-state index contributed by atoms with van der Waals surface area (Å²) in [6, 6.07) is 0. The lowest BCUT2D eigenvalue weighted by Crippen LogP contribution is -2.30. The van der Waals surface area contributed by atoms with Crippen LogP contribution in [-0.2, 0) is 28.6 Å². The fraction of sp³-hybridized carbons (Fsp3) is 0.769. The first-order valence-electron chi connectivity index (χ1n) is 30.4. The molecular weight excluding hydrogens is 877 g/mol. The molecule has 0 spiro atoms. The largest absolute Gasteiger partial charge is 0.462 e. The molecule has 0 radical (unpaired) electrons. The normalized spacial score (nSPS) is 12.5. The number of carbonyl (C=O) groups excluding carboxylic acids is 3. The fourth-order valence-electron chi connectivity index (χ4n) is 8.60. The van der Waals surface area contributed by atoms with Crippen molar-refractivity contribution in [1.29, 1.82) is 0 Å². The van der Waals surface area contributed by atoms with Crippen LogP contribution in [0.3, 0.4) is 0 Å². The lowest BCUT2D eigenvalue weighted by molar-refractivity contribution is -0.167. The van der Waals surface area contributed by atoms with E-state index in [1.165, 1.54) is 154 Å². The van der Waals surface area contributed by atoms with Gasteiger partial charge in [0.2, 0.25) is 0 Å². The number of rotatable bonds is 55. The maximum atomic E-state index is 12.9. The van der Waals surface area contributed by atoms with Gasteiger partial charge in [0.25, 0.3) is 0 Å². The van der Waals surface area contributed by atoms with Gasteiger partial charge in [0.05, 0.1) is 0 Å². The molecule has 0 saturated heterocycles. The zero-order chi connectivity index (χ0) is 51.4. The number of unbranched alkanes of at least 4 members (excludes halogenated alkanes) is 32. The highest BCUT2D eigenvalue weighted by Gasteiger charge is 2.19. The minimum Gasteiger partial charge on any atom is -0.462 e. The summed E-state index contributed by atoms with van der Waals surface area (Å²) in [4.78, 5) is 38.2. The molecule has 6 nitrogen and oxygen atoms in total. The van der Waals surface area contributed by atoms with Gasteiger partial charge >= 0.3 is 17.9 Å². The number of esters is 3. The van der Waals surface area contributed by atoms with E-state index in [4.69, 9.17) is 14.2 Å². The lowest BCUT2D eigenvalue weighted by atomic mass is 10.0. The van der Waals surface area contributed by atoms with Gasteiger partial charge in [0, 0.05) is 19.3 Å². The van der Waals surface area contributed by atoms with Crippen molar-refractivity contribution in [3.8, 4) is 0 Å². The summed E-state index contributed by atoms with van der Waals surface area (Å²) in [6.07, 6.45) is 76.1. The summed E-state index contributed by atoms with van der Waals surface area (Å²) in [5, 5.41) is 0. The molecule has 0 aromatic carbocycles. The minimum atomic E-state index is -0.791. The van der Waals surface area contributed by atoms with E-state index in [0.717, 1.165) is 109 Å². The van der Waals surface area contributed by atoms with Crippen LogP contribution in [0.2, 0.25) is 0 Å². The second-order valence-electron chi connectivity index (χ2n) is 20.2. The van der Waals surface area contributed by atoms with Crippen LogP contribution in [0.25, 0.3) is 0 Å². The zero-order valence-electron chi connectivity index (χ0n) is 47.0. The Balaban J connectivity index is 4.38. The van der Waals surface area contributed by atoms with Crippen LogP contribution in [0.1, 0.15) is 303 Å². The highest BCUT2D eigenvalue weighted by atomic mass is 16.6. The molecule has 71 heavy (non-hydrogen) atoms. The van der Waals surface area contributed by atoms with Crippen molar-refractivity contribution in [2.24, 2.45) is 0 Å². The van der Waals surface area contributed by atoms with Crippen molar-refractivity contribution in [3.63, 3.8) is 0 Å². The summed E-state index contributed by atoms with van der Waals surface area (Å²) in [5.74, 6) is -0.909. The molecular formula is C65H114O6. The maximum absolute atomic E-state index is 12.9. The Kier molecular flexibility index (Phi) is 56.8. The quantitative estimate of drug-likeness (QED) is 0.0261. The Bertz CT molecular complexity index is 1320. The predicted molar refractivity (Wildman–Crippen MR) is 307 cm³/mol.